The highest BCUT2D eigenvalue weighted by Gasteiger charge is 2.33. The first-order valence-electron chi connectivity index (χ1n) is 8.49. The zero-order valence-electron chi connectivity index (χ0n) is 12.9. The summed E-state index contributed by atoms with van der Waals surface area (Å²) in [6, 6.07) is 8.46. The Morgan fingerprint density at radius 1 is 1.19 bits per heavy atom. The number of hydrogen-bond acceptors (Lipinski definition) is 2. The van der Waals surface area contributed by atoms with Crippen LogP contribution in [-0.4, -0.2) is 18.6 Å². The molecule has 4 atom stereocenters. The van der Waals surface area contributed by atoms with Crippen molar-refractivity contribution in [2.45, 2.75) is 63.6 Å². The Morgan fingerprint density at radius 3 is 2.81 bits per heavy atom. The second-order valence-electron chi connectivity index (χ2n) is 6.70. The molecule has 0 spiro atoms. The molecule has 1 aromatic carbocycles. The molecule has 2 fully saturated rings. The maximum Gasteiger partial charge on any atom is 0.123 e. The van der Waals surface area contributed by atoms with E-state index in [1.54, 1.807) is 12.1 Å². The molecule has 2 nitrogen and oxygen atoms in total. The molecular weight excluding hydrogens is 263 g/mol. The Bertz CT molecular complexity index is 456. The van der Waals surface area contributed by atoms with Gasteiger partial charge in [-0.1, -0.05) is 25.0 Å². The molecule has 21 heavy (non-hydrogen) atoms. The summed E-state index contributed by atoms with van der Waals surface area (Å²) in [4.78, 5) is 0. The summed E-state index contributed by atoms with van der Waals surface area (Å²) in [7, 11) is 0. The van der Waals surface area contributed by atoms with Crippen LogP contribution < -0.4 is 10.6 Å². The standard InChI is InChI=1S/C18H27FN2/c1-13(14-6-4-7-15(19)12-14)21-18-9-3-2-8-16(18)17-10-5-11-20-17/h4,6-7,12-13,16-18,20-21H,2-3,5,8-11H2,1H3/t13-,16?,17?,18?/m0/s1. The Morgan fingerprint density at radius 2 is 2.05 bits per heavy atom. The Kier molecular flexibility index (Phi) is 4.91. The molecule has 1 aromatic rings. The minimum absolute atomic E-state index is 0.140. The molecule has 1 saturated carbocycles. The first kappa shape index (κ1) is 15.0. The van der Waals surface area contributed by atoms with Gasteiger partial charge in [0.25, 0.3) is 0 Å². The molecule has 3 unspecified atom stereocenters. The van der Waals surface area contributed by atoms with Gasteiger partial charge in [-0.2, -0.15) is 0 Å². The third kappa shape index (κ3) is 3.64. The lowest BCUT2D eigenvalue weighted by atomic mass is 9.79. The molecule has 2 N–H and O–H groups in total. The summed E-state index contributed by atoms with van der Waals surface area (Å²) >= 11 is 0. The van der Waals surface area contributed by atoms with E-state index in [1.807, 2.05) is 6.07 Å². The van der Waals surface area contributed by atoms with Crippen LogP contribution in [0.3, 0.4) is 0 Å². The van der Waals surface area contributed by atoms with Crippen molar-refractivity contribution in [3.05, 3.63) is 35.6 Å². The van der Waals surface area contributed by atoms with Gasteiger partial charge in [-0.3, -0.25) is 0 Å². The number of halogens is 1. The van der Waals surface area contributed by atoms with Gasteiger partial charge >= 0.3 is 0 Å². The van der Waals surface area contributed by atoms with E-state index in [4.69, 9.17) is 0 Å². The van der Waals surface area contributed by atoms with Crippen molar-refractivity contribution < 1.29 is 4.39 Å². The molecule has 0 aromatic heterocycles. The summed E-state index contributed by atoms with van der Waals surface area (Å²) in [6.45, 7) is 3.33. The summed E-state index contributed by atoms with van der Waals surface area (Å²) in [6.07, 6.45) is 7.88. The fourth-order valence-electron chi connectivity index (χ4n) is 4.12. The molecule has 0 radical (unpaired) electrons. The fraction of sp³-hybridized carbons (Fsp3) is 0.667. The minimum atomic E-state index is -0.140. The lowest BCUT2D eigenvalue weighted by Crippen LogP contribution is -2.47. The van der Waals surface area contributed by atoms with Crippen LogP contribution in [-0.2, 0) is 0 Å². The van der Waals surface area contributed by atoms with E-state index in [-0.39, 0.29) is 11.9 Å². The van der Waals surface area contributed by atoms with Gasteiger partial charge < -0.3 is 10.6 Å². The van der Waals surface area contributed by atoms with Crippen LogP contribution in [0.4, 0.5) is 4.39 Å². The maximum absolute atomic E-state index is 13.4. The molecule has 0 amide bonds. The van der Waals surface area contributed by atoms with Gasteiger partial charge in [0, 0.05) is 18.1 Å². The summed E-state index contributed by atoms with van der Waals surface area (Å²) in [5, 5.41) is 7.46. The van der Waals surface area contributed by atoms with Gasteiger partial charge in [-0.05, 0) is 62.8 Å². The maximum atomic E-state index is 13.4. The second-order valence-corrected chi connectivity index (χ2v) is 6.70. The molecule has 3 rings (SSSR count). The van der Waals surface area contributed by atoms with Gasteiger partial charge in [-0.15, -0.1) is 0 Å². The van der Waals surface area contributed by atoms with Crippen LogP contribution in [0.15, 0.2) is 24.3 Å². The van der Waals surface area contributed by atoms with Crippen LogP contribution in [0.2, 0.25) is 0 Å². The zero-order chi connectivity index (χ0) is 14.7. The Balaban J connectivity index is 1.66. The molecule has 116 valence electrons. The van der Waals surface area contributed by atoms with E-state index >= 15 is 0 Å². The normalized spacial score (nSPS) is 31.2. The second kappa shape index (κ2) is 6.89. The molecule has 0 bridgehead atoms. The van der Waals surface area contributed by atoms with E-state index in [0.29, 0.717) is 12.1 Å². The van der Waals surface area contributed by atoms with Crippen molar-refractivity contribution in [2.75, 3.05) is 6.54 Å². The van der Waals surface area contributed by atoms with E-state index in [9.17, 15) is 4.39 Å². The predicted molar refractivity (Wildman–Crippen MR) is 84.7 cm³/mol. The van der Waals surface area contributed by atoms with Crippen LogP contribution in [0.1, 0.15) is 57.1 Å². The van der Waals surface area contributed by atoms with Gasteiger partial charge in [0.1, 0.15) is 5.82 Å². The quantitative estimate of drug-likeness (QED) is 0.881. The molecule has 1 aliphatic carbocycles. The van der Waals surface area contributed by atoms with Gasteiger partial charge in [0.15, 0.2) is 0 Å². The summed E-state index contributed by atoms with van der Waals surface area (Å²) in [5.74, 6) is 0.594. The number of hydrogen-bond donors (Lipinski definition) is 2. The molecule has 1 aliphatic heterocycles. The van der Waals surface area contributed by atoms with Crippen molar-refractivity contribution in [3.8, 4) is 0 Å². The largest absolute Gasteiger partial charge is 0.314 e. The predicted octanol–water partition coefficient (Wildman–Crippen LogP) is 3.79. The van der Waals surface area contributed by atoms with Gasteiger partial charge in [-0.25, -0.2) is 4.39 Å². The van der Waals surface area contributed by atoms with E-state index in [0.717, 1.165) is 11.5 Å². The van der Waals surface area contributed by atoms with Crippen molar-refractivity contribution in [3.63, 3.8) is 0 Å². The SMILES string of the molecule is C[C@H](NC1CCCCC1C1CCCN1)c1cccc(F)c1. The van der Waals surface area contributed by atoms with Crippen LogP contribution in [0.5, 0.6) is 0 Å². The van der Waals surface area contributed by atoms with E-state index in [1.165, 1.54) is 51.1 Å². The first-order valence-corrected chi connectivity index (χ1v) is 8.49. The van der Waals surface area contributed by atoms with Crippen molar-refractivity contribution in [1.29, 1.82) is 0 Å². The molecular formula is C18H27FN2. The number of benzene rings is 1. The third-order valence-electron chi connectivity index (χ3n) is 5.25. The average molecular weight is 290 g/mol. The smallest absolute Gasteiger partial charge is 0.123 e. The van der Waals surface area contributed by atoms with Crippen molar-refractivity contribution in [2.24, 2.45) is 5.92 Å². The monoisotopic (exact) mass is 290 g/mol. The minimum Gasteiger partial charge on any atom is -0.314 e. The molecule has 3 heteroatoms. The highest BCUT2D eigenvalue weighted by atomic mass is 19.1. The molecule has 2 aliphatic rings. The van der Waals surface area contributed by atoms with Gasteiger partial charge in [0.05, 0.1) is 0 Å². The Labute approximate surface area is 127 Å². The third-order valence-corrected chi connectivity index (χ3v) is 5.25. The summed E-state index contributed by atoms with van der Waals surface area (Å²) in [5.41, 5.74) is 1.05. The average Bonchev–Trinajstić information content (AvgIpc) is 3.02. The van der Waals surface area contributed by atoms with Crippen LogP contribution in [0.25, 0.3) is 0 Å². The zero-order valence-corrected chi connectivity index (χ0v) is 12.9. The van der Waals surface area contributed by atoms with Crippen LogP contribution in [0, 0.1) is 11.7 Å². The Hall–Kier alpha value is -0.930. The number of nitrogens with one attached hydrogen (secondary N) is 2. The number of rotatable bonds is 4. The molecule has 1 saturated heterocycles. The van der Waals surface area contributed by atoms with E-state index in [2.05, 4.69) is 17.6 Å². The molecule has 1 heterocycles. The van der Waals surface area contributed by atoms with Crippen molar-refractivity contribution >= 4 is 0 Å². The van der Waals surface area contributed by atoms with Crippen molar-refractivity contribution in [1.82, 2.24) is 10.6 Å². The fourth-order valence-corrected chi connectivity index (χ4v) is 4.12. The highest BCUT2D eigenvalue weighted by Crippen LogP contribution is 2.32. The van der Waals surface area contributed by atoms with Crippen LogP contribution >= 0.6 is 0 Å². The lowest BCUT2D eigenvalue weighted by Gasteiger charge is -2.38. The van der Waals surface area contributed by atoms with E-state index < -0.39 is 0 Å². The lowest BCUT2D eigenvalue weighted by molar-refractivity contribution is 0.203. The van der Waals surface area contributed by atoms with Gasteiger partial charge in [0.2, 0.25) is 0 Å². The first-order chi connectivity index (χ1) is 10.2. The topological polar surface area (TPSA) is 24.1 Å². The summed E-state index contributed by atoms with van der Waals surface area (Å²) < 4.78 is 13.4. The highest BCUT2D eigenvalue weighted by molar-refractivity contribution is 5.19.